The molecule has 0 aromatic carbocycles. The highest BCUT2D eigenvalue weighted by Crippen LogP contribution is 2.25. The van der Waals surface area contributed by atoms with Gasteiger partial charge in [0.15, 0.2) is 5.75 Å². The monoisotopic (exact) mass is 285 g/mol. The summed E-state index contributed by atoms with van der Waals surface area (Å²) in [5.41, 5.74) is 3.13. The molecule has 0 aliphatic carbocycles. The Morgan fingerprint density at radius 3 is 2.76 bits per heavy atom. The zero-order valence-corrected chi connectivity index (χ0v) is 13.2. The van der Waals surface area contributed by atoms with E-state index in [-0.39, 0.29) is 6.04 Å². The van der Waals surface area contributed by atoms with E-state index < -0.39 is 0 Å². The lowest BCUT2D eigenvalue weighted by molar-refractivity contribution is 0.451. The molecule has 0 bridgehead atoms. The molecular weight excluding hydrogens is 262 g/mol. The number of ether oxygens (including phenoxy) is 1. The summed E-state index contributed by atoms with van der Waals surface area (Å²) in [6.45, 7) is 9.22. The molecule has 0 saturated heterocycles. The summed E-state index contributed by atoms with van der Waals surface area (Å²) in [5, 5.41) is 3.39. The molecule has 0 fully saturated rings. The third-order valence-electron chi connectivity index (χ3n) is 3.39. The van der Waals surface area contributed by atoms with Crippen LogP contribution in [0.1, 0.15) is 43.8 Å². The van der Waals surface area contributed by atoms with Crippen LogP contribution in [-0.2, 0) is 6.42 Å². The van der Waals surface area contributed by atoms with Crippen molar-refractivity contribution in [2.24, 2.45) is 0 Å². The fourth-order valence-corrected chi connectivity index (χ4v) is 2.23. The van der Waals surface area contributed by atoms with Gasteiger partial charge in [-0.05, 0) is 50.6 Å². The second-order valence-electron chi connectivity index (χ2n) is 5.06. The van der Waals surface area contributed by atoms with E-state index in [1.807, 2.05) is 31.2 Å². The lowest BCUT2D eigenvalue weighted by Crippen LogP contribution is -2.17. The molecule has 4 nitrogen and oxygen atoms in total. The maximum atomic E-state index is 5.92. The second-order valence-corrected chi connectivity index (χ2v) is 5.06. The van der Waals surface area contributed by atoms with Crippen molar-refractivity contribution in [3.8, 4) is 11.6 Å². The van der Waals surface area contributed by atoms with Gasteiger partial charge in [-0.1, -0.05) is 13.8 Å². The highest BCUT2D eigenvalue weighted by atomic mass is 16.5. The summed E-state index contributed by atoms with van der Waals surface area (Å²) in [6.07, 6.45) is 2.62. The summed E-state index contributed by atoms with van der Waals surface area (Å²) in [4.78, 5) is 8.81. The van der Waals surface area contributed by atoms with Gasteiger partial charge in [0.05, 0.1) is 5.69 Å². The first-order valence-electron chi connectivity index (χ1n) is 7.47. The SMILES string of the molecule is CCNC(C)c1ccnc(Oc2ccc(C)nc2CC)c1. The Labute approximate surface area is 126 Å². The maximum Gasteiger partial charge on any atom is 0.219 e. The Morgan fingerprint density at radius 2 is 2.05 bits per heavy atom. The van der Waals surface area contributed by atoms with E-state index in [4.69, 9.17) is 4.74 Å². The Balaban J connectivity index is 2.22. The van der Waals surface area contributed by atoms with E-state index in [2.05, 4.69) is 36.1 Å². The van der Waals surface area contributed by atoms with Crippen LogP contribution in [0, 0.1) is 6.92 Å². The largest absolute Gasteiger partial charge is 0.437 e. The Morgan fingerprint density at radius 1 is 1.24 bits per heavy atom. The van der Waals surface area contributed by atoms with Crippen molar-refractivity contribution in [2.45, 2.75) is 40.2 Å². The highest BCUT2D eigenvalue weighted by Gasteiger charge is 2.09. The minimum absolute atomic E-state index is 0.280. The molecule has 1 N–H and O–H groups in total. The number of aryl methyl sites for hydroxylation is 2. The maximum absolute atomic E-state index is 5.92. The topological polar surface area (TPSA) is 47.0 Å². The van der Waals surface area contributed by atoms with Gasteiger partial charge in [-0.3, -0.25) is 4.98 Å². The zero-order valence-electron chi connectivity index (χ0n) is 13.2. The molecule has 0 radical (unpaired) electrons. The van der Waals surface area contributed by atoms with E-state index in [9.17, 15) is 0 Å². The van der Waals surface area contributed by atoms with Gasteiger partial charge in [-0.25, -0.2) is 4.98 Å². The third-order valence-corrected chi connectivity index (χ3v) is 3.39. The van der Waals surface area contributed by atoms with Gasteiger partial charge in [0.2, 0.25) is 5.88 Å². The summed E-state index contributed by atoms with van der Waals surface area (Å²) in [5.74, 6) is 1.39. The molecule has 2 heterocycles. The molecule has 0 aliphatic rings. The second kappa shape index (κ2) is 7.18. The average molecular weight is 285 g/mol. The van der Waals surface area contributed by atoms with Crippen molar-refractivity contribution in [3.63, 3.8) is 0 Å². The molecular formula is C17H23N3O. The molecule has 112 valence electrons. The zero-order chi connectivity index (χ0) is 15.2. The van der Waals surface area contributed by atoms with Crippen molar-refractivity contribution < 1.29 is 4.74 Å². The van der Waals surface area contributed by atoms with Gasteiger partial charge in [-0.2, -0.15) is 0 Å². The quantitative estimate of drug-likeness (QED) is 0.876. The normalized spacial score (nSPS) is 12.2. The number of rotatable bonds is 6. The van der Waals surface area contributed by atoms with Crippen LogP contribution in [0.3, 0.4) is 0 Å². The molecule has 21 heavy (non-hydrogen) atoms. The van der Waals surface area contributed by atoms with Gasteiger partial charge in [0.1, 0.15) is 0 Å². The predicted molar refractivity (Wildman–Crippen MR) is 84.8 cm³/mol. The van der Waals surface area contributed by atoms with Crippen LogP contribution >= 0.6 is 0 Å². The number of aromatic nitrogens is 2. The Hall–Kier alpha value is -1.94. The molecule has 1 unspecified atom stereocenters. The van der Waals surface area contributed by atoms with Crippen LogP contribution in [0.4, 0.5) is 0 Å². The van der Waals surface area contributed by atoms with Gasteiger partial charge in [0.25, 0.3) is 0 Å². The molecule has 0 spiro atoms. The van der Waals surface area contributed by atoms with Crippen molar-refractivity contribution in [1.82, 2.24) is 15.3 Å². The smallest absolute Gasteiger partial charge is 0.219 e. The van der Waals surface area contributed by atoms with Crippen LogP contribution < -0.4 is 10.1 Å². The minimum atomic E-state index is 0.280. The fraction of sp³-hybridized carbons (Fsp3) is 0.412. The number of pyridine rings is 2. The third kappa shape index (κ3) is 4.02. The minimum Gasteiger partial charge on any atom is -0.437 e. The molecule has 2 aromatic rings. The Kier molecular flexibility index (Phi) is 5.28. The number of nitrogens with one attached hydrogen (secondary N) is 1. The van der Waals surface area contributed by atoms with Crippen LogP contribution in [-0.4, -0.2) is 16.5 Å². The van der Waals surface area contributed by atoms with Crippen molar-refractivity contribution in [2.75, 3.05) is 6.54 Å². The molecule has 0 amide bonds. The van der Waals surface area contributed by atoms with E-state index in [1.165, 1.54) is 5.56 Å². The first kappa shape index (κ1) is 15.4. The van der Waals surface area contributed by atoms with Gasteiger partial charge < -0.3 is 10.1 Å². The first-order valence-corrected chi connectivity index (χ1v) is 7.47. The van der Waals surface area contributed by atoms with Crippen molar-refractivity contribution in [3.05, 3.63) is 47.4 Å². The van der Waals surface area contributed by atoms with Crippen LogP contribution in [0.2, 0.25) is 0 Å². The number of hydrogen-bond donors (Lipinski definition) is 1. The lowest BCUT2D eigenvalue weighted by atomic mass is 10.1. The molecule has 0 saturated carbocycles. The first-order chi connectivity index (χ1) is 10.1. The summed E-state index contributed by atoms with van der Waals surface area (Å²) in [6, 6.07) is 8.19. The highest BCUT2D eigenvalue weighted by molar-refractivity contribution is 5.34. The molecule has 0 aliphatic heterocycles. The van der Waals surface area contributed by atoms with E-state index in [0.29, 0.717) is 5.88 Å². The molecule has 2 rings (SSSR count). The van der Waals surface area contributed by atoms with Gasteiger partial charge in [0, 0.05) is 24.0 Å². The molecule has 4 heteroatoms. The number of nitrogens with zero attached hydrogens (tertiary/aromatic N) is 2. The molecule has 1 atom stereocenters. The van der Waals surface area contributed by atoms with E-state index in [0.717, 1.165) is 30.1 Å². The van der Waals surface area contributed by atoms with Crippen LogP contribution in [0.15, 0.2) is 30.5 Å². The van der Waals surface area contributed by atoms with Gasteiger partial charge in [-0.15, -0.1) is 0 Å². The fourth-order valence-electron chi connectivity index (χ4n) is 2.23. The number of hydrogen-bond acceptors (Lipinski definition) is 4. The van der Waals surface area contributed by atoms with E-state index in [1.54, 1.807) is 6.20 Å². The summed E-state index contributed by atoms with van der Waals surface area (Å²) < 4.78 is 5.92. The standard InChI is InChI=1S/C17H23N3O/c1-5-15-16(8-7-12(3)20-15)21-17-11-14(9-10-19-17)13(4)18-6-2/h7-11,13,18H,5-6H2,1-4H3. The predicted octanol–water partition coefficient (Wildman–Crippen LogP) is 3.81. The lowest BCUT2D eigenvalue weighted by Gasteiger charge is -2.14. The molecule has 2 aromatic heterocycles. The Bertz CT molecular complexity index is 598. The summed E-state index contributed by atoms with van der Waals surface area (Å²) in [7, 11) is 0. The average Bonchev–Trinajstić information content (AvgIpc) is 2.49. The summed E-state index contributed by atoms with van der Waals surface area (Å²) >= 11 is 0. The van der Waals surface area contributed by atoms with E-state index >= 15 is 0 Å². The van der Waals surface area contributed by atoms with Gasteiger partial charge >= 0.3 is 0 Å². The van der Waals surface area contributed by atoms with Crippen LogP contribution in [0.5, 0.6) is 11.6 Å². The van der Waals surface area contributed by atoms with Crippen molar-refractivity contribution in [1.29, 1.82) is 0 Å². The van der Waals surface area contributed by atoms with Crippen molar-refractivity contribution >= 4 is 0 Å². The van der Waals surface area contributed by atoms with Crippen LogP contribution in [0.25, 0.3) is 0 Å².